The van der Waals surface area contributed by atoms with E-state index in [9.17, 15) is 4.79 Å². The van der Waals surface area contributed by atoms with Crippen LogP contribution in [0.2, 0.25) is 0 Å². The van der Waals surface area contributed by atoms with Crippen molar-refractivity contribution in [3.63, 3.8) is 0 Å². The fourth-order valence-electron chi connectivity index (χ4n) is 1.96. The molecule has 0 aliphatic rings. The Bertz CT molecular complexity index is 709. The van der Waals surface area contributed by atoms with Gasteiger partial charge in [-0.1, -0.05) is 25.5 Å². The summed E-state index contributed by atoms with van der Waals surface area (Å²) < 4.78 is 15.8. The van der Waals surface area contributed by atoms with Gasteiger partial charge in [0.1, 0.15) is 9.88 Å². The van der Waals surface area contributed by atoms with E-state index in [0.717, 1.165) is 29.2 Å². The Kier molecular flexibility index (Phi) is 6.81. The molecule has 128 valence electrons. The molecule has 0 aliphatic heterocycles. The van der Waals surface area contributed by atoms with E-state index in [1.165, 1.54) is 24.6 Å². The van der Waals surface area contributed by atoms with Crippen molar-refractivity contribution in [1.82, 2.24) is 4.98 Å². The predicted octanol–water partition coefficient (Wildman–Crippen LogP) is 4.29. The Balaban J connectivity index is 2.09. The fraction of sp³-hybridized carbons (Fsp3) is 0.333. The van der Waals surface area contributed by atoms with Crippen LogP contribution in [0.3, 0.4) is 0 Å². The summed E-state index contributed by atoms with van der Waals surface area (Å²) in [4.78, 5) is 16.1. The monoisotopic (exact) mass is 347 g/mol. The number of aromatic nitrogens is 1. The molecule has 6 heteroatoms. The van der Waals surface area contributed by atoms with Crippen LogP contribution in [-0.2, 0) is 4.74 Å². The van der Waals surface area contributed by atoms with Gasteiger partial charge in [0.25, 0.3) is 0 Å². The molecule has 1 aromatic heterocycles. The van der Waals surface area contributed by atoms with Crippen molar-refractivity contribution < 1.29 is 19.0 Å². The lowest BCUT2D eigenvalue weighted by atomic mass is 10.2. The average molecular weight is 347 g/mol. The van der Waals surface area contributed by atoms with Gasteiger partial charge in [0.2, 0.25) is 0 Å². The molecule has 0 radical (unpaired) electrons. The summed E-state index contributed by atoms with van der Waals surface area (Å²) in [6.07, 6.45) is 7.38. The molecule has 0 atom stereocenters. The van der Waals surface area contributed by atoms with Crippen LogP contribution in [0.5, 0.6) is 11.5 Å². The van der Waals surface area contributed by atoms with Crippen molar-refractivity contribution >= 4 is 29.5 Å². The number of thiazole rings is 1. The summed E-state index contributed by atoms with van der Waals surface area (Å²) in [7, 11) is 2.98. The predicted molar refractivity (Wildman–Crippen MR) is 95.8 cm³/mol. The first-order valence-electron chi connectivity index (χ1n) is 7.71. The van der Waals surface area contributed by atoms with Crippen LogP contribution in [-0.4, -0.2) is 31.8 Å². The topological polar surface area (TPSA) is 57.7 Å². The van der Waals surface area contributed by atoms with Gasteiger partial charge in [-0.3, -0.25) is 0 Å². The quantitative estimate of drug-likeness (QED) is 0.527. The number of esters is 1. The first kappa shape index (κ1) is 18.0. The number of methoxy groups -OCH3 is 2. The number of hydrogen-bond donors (Lipinski definition) is 0. The molecule has 0 spiro atoms. The van der Waals surface area contributed by atoms with Crippen molar-refractivity contribution in [2.24, 2.45) is 0 Å². The van der Waals surface area contributed by atoms with Gasteiger partial charge in [-0.2, -0.15) is 0 Å². The summed E-state index contributed by atoms with van der Waals surface area (Å²) in [5, 5.41) is 0.734. The second kappa shape index (κ2) is 9.08. The summed E-state index contributed by atoms with van der Waals surface area (Å²) in [5.74, 6) is 1.07. The third-order valence-corrected chi connectivity index (χ3v) is 4.21. The van der Waals surface area contributed by atoms with E-state index in [1.807, 2.05) is 30.4 Å². The minimum absolute atomic E-state index is 0.373. The first-order chi connectivity index (χ1) is 11.7. The number of hydrogen-bond acceptors (Lipinski definition) is 6. The number of rotatable bonds is 8. The van der Waals surface area contributed by atoms with Crippen molar-refractivity contribution in [2.45, 2.75) is 19.8 Å². The van der Waals surface area contributed by atoms with Crippen LogP contribution in [0, 0.1) is 0 Å². The van der Waals surface area contributed by atoms with E-state index in [-0.39, 0.29) is 5.97 Å². The summed E-state index contributed by atoms with van der Waals surface area (Å²) in [6.45, 7) is 2.80. The van der Waals surface area contributed by atoms with E-state index in [1.54, 1.807) is 7.11 Å². The number of benzene rings is 1. The van der Waals surface area contributed by atoms with Gasteiger partial charge < -0.3 is 14.2 Å². The highest BCUT2D eigenvalue weighted by Gasteiger charge is 2.09. The van der Waals surface area contributed by atoms with Crippen LogP contribution >= 0.6 is 11.3 Å². The van der Waals surface area contributed by atoms with Gasteiger partial charge in [-0.15, -0.1) is 11.3 Å². The molecule has 0 unspecified atom stereocenters. The molecule has 0 fully saturated rings. The van der Waals surface area contributed by atoms with E-state index < -0.39 is 0 Å². The van der Waals surface area contributed by atoms with Crippen molar-refractivity contribution in [1.29, 1.82) is 0 Å². The number of carbonyl (C=O) groups excluding carboxylic acids is 1. The molecule has 2 aromatic rings. The standard InChI is InChI=1S/C18H21NO4S/c1-4-5-10-23-14-8-6-13(11-15(14)21-2)7-9-17-19-12-16(24-17)18(20)22-3/h6-9,11-12H,4-5,10H2,1-3H3/b9-7+. The van der Waals surface area contributed by atoms with Crippen LogP contribution in [0.1, 0.15) is 40.0 Å². The fourth-order valence-corrected chi connectivity index (χ4v) is 2.70. The molecular weight excluding hydrogens is 326 g/mol. The van der Waals surface area contributed by atoms with E-state index in [0.29, 0.717) is 17.2 Å². The van der Waals surface area contributed by atoms with E-state index in [4.69, 9.17) is 9.47 Å². The van der Waals surface area contributed by atoms with Crippen molar-refractivity contribution in [2.75, 3.05) is 20.8 Å². The summed E-state index contributed by atoms with van der Waals surface area (Å²) >= 11 is 1.28. The third kappa shape index (κ3) is 4.83. The third-order valence-electron chi connectivity index (χ3n) is 3.27. The molecule has 1 aromatic carbocycles. The number of nitrogens with zero attached hydrogens (tertiary/aromatic N) is 1. The van der Waals surface area contributed by atoms with Gasteiger partial charge in [0.15, 0.2) is 11.5 Å². The van der Waals surface area contributed by atoms with Gasteiger partial charge in [0, 0.05) is 0 Å². The average Bonchev–Trinajstić information content (AvgIpc) is 3.09. The van der Waals surface area contributed by atoms with Gasteiger partial charge in [-0.25, -0.2) is 9.78 Å². The first-order valence-corrected chi connectivity index (χ1v) is 8.52. The van der Waals surface area contributed by atoms with Crippen LogP contribution in [0.25, 0.3) is 12.2 Å². The minimum Gasteiger partial charge on any atom is -0.493 e. The summed E-state index contributed by atoms with van der Waals surface area (Å²) in [6, 6.07) is 5.76. The number of ether oxygens (including phenoxy) is 3. The Labute approximate surface area is 145 Å². The van der Waals surface area contributed by atoms with Crippen LogP contribution in [0.15, 0.2) is 24.4 Å². The molecule has 0 saturated heterocycles. The molecule has 1 heterocycles. The van der Waals surface area contributed by atoms with Gasteiger partial charge in [0.05, 0.1) is 27.0 Å². The van der Waals surface area contributed by atoms with E-state index in [2.05, 4.69) is 16.6 Å². The molecule has 0 N–H and O–H groups in total. The maximum atomic E-state index is 11.4. The van der Waals surface area contributed by atoms with Crippen molar-refractivity contribution in [3.05, 3.63) is 39.8 Å². The minimum atomic E-state index is -0.373. The molecule has 0 amide bonds. The molecule has 0 aliphatic carbocycles. The molecule has 0 bridgehead atoms. The maximum Gasteiger partial charge on any atom is 0.349 e. The van der Waals surface area contributed by atoms with Crippen molar-refractivity contribution in [3.8, 4) is 11.5 Å². The molecule has 5 nitrogen and oxygen atoms in total. The van der Waals surface area contributed by atoms with Crippen LogP contribution in [0.4, 0.5) is 0 Å². The Hall–Kier alpha value is -2.34. The molecule has 2 rings (SSSR count). The van der Waals surface area contributed by atoms with Gasteiger partial charge in [-0.05, 0) is 30.2 Å². The Morgan fingerprint density at radius 2 is 2.08 bits per heavy atom. The molecular formula is C18H21NO4S. The smallest absolute Gasteiger partial charge is 0.349 e. The highest BCUT2D eigenvalue weighted by molar-refractivity contribution is 7.14. The normalized spacial score (nSPS) is 10.8. The highest BCUT2D eigenvalue weighted by atomic mass is 32.1. The molecule has 0 saturated carbocycles. The zero-order valence-electron chi connectivity index (χ0n) is 14.1. The highest BCUT2D eigenvalue weighted by Crippen LogP contribution is 2.29. The molecule has 24 heavy (non-hydrogen) atoms. The lowest BCUT2D eigenvalue weighted by molar-refractivity contribution is 0.0606. The number of unbranched alkanes of at least 4 members (excludes halogenated alkanes) is 1. The Morgan fingerprint density at radius 3 is 2.79 bits per heavy atom. The summed E-state index contributed by atoms with van der Waals surface area (Å²) in [5.41, 5.74) is 0.963. The zero-order valence-corrected chi connectivity index (χ0v) is 14.9. The second-order valence-corrected chi connectivity index (χ2v) is 6.06. The largest absolute Gasteiger partial charge is 0.493 e. The lowest BCUT2D eigenvalue weighted by Gasteiger charge is -2.10. The maximum absolute atomic E-state index is 11.4. The van der Waals surface area contributed by atoms with Gasteiger partial charge >= 0.3 is 5.97 Å². The SMILES string of the molecule is CCCCOc1ccc(/C=C/c2ncc(C(=O)OC)s2)cc1OC. The van der Waals surface area contributed by atoms with Crippen LogP contribution < -0.4 is 9.47 Å². The lowest BCUT2D eigenvalue weighted by Crippen LogP contribution is -1.98. The second-order valence-electron chi connectivity index (χ2n) is 5.00. The number of carbonyl (C=O) groups is 1. The Morgan fingerprint density at radius 1 is 1.25 bits per heavy atom. The zero-order chi connectivity index (χ0) is 17.4. The van der Waals surface area contributed by atoms with E-state index >= 15 is 0 Å².